The highest BCUT2D eigenvalue weighted by Crippen LogP contribution is 2.23. The van der Waals surface area contributed by atoms with Crippen LogP contribution in [-0.2, 0) is 23.8 Å². The highest BCUT2D eigenvalue weighted by molar-refractivity contribution is 5.76. The Morgan fingerprint density at radius 1 is 0.507 bits per heavy atom. The van der Waals surface area contributed by atoms with E-state index in [9.17, 15) is 35.1 Å². The Hall–Kier alpha value is -1.60. The van der Waals surface area contributed by atoms with Crippen molar-refractivity contribution >= 4 is 11.9 Å². The molecule has 11 nitrogen and oxygen atoms in total. The number of amides is 1. The molecule has 1 amide bonds. The highest BCUT2D eigenvalue weighted by Gasteiger charge is 2.44. The van der Waals surface area contributed by atoms with Crippen LogP contribution in [0.15, 0.2) is 12.2 Å². The van der Waals surface area contributed by atoms with Crippen molar-refractivity contribution < 1.29 is 49.3 Å². The molecule has 1 heterocycles. The average molecular weight is 1010 g/mol. The van der Waals surface area contributed by atoms with Gasteiger partial charge in [0.05, 0.1) is 32.0 Å². The molecule has 0 bridgehead atoms. The summed E-state index contributed by atoms with van der Waals surface area (Å²) in [6.07, 6.45) is 48.9. The lowest BCUT2D eigenvalue weighted by atomic mass is 9.99. The first-order chi connectivity index (χ1) is 34.7. The van der Waals surface area contributed by atoms with Crippen molar-refractivity contribution in [2.45, 2.75) is 339 Å². The third-order valence-corrected chi connectivity index (χ3v) is 14.7. The van der Waals surface area contributed by atoms with Gasteiger partial charge in [-0.25, -0.2) is 0 Å². The number of carbonyl (C=O) groups is 2. The number of ether oxygens (including phenoxy) is 3. The summed E-state index contributed by atoms with van der Waals surface area (Å²) in [4.78, 5) is 25.1. The fourth-order valence-electron chi connectivity index (χ4n) is 9.79. The van der Waals surface area contributed by atoms with Crippen molar-refractivity contribution in [2.24, 2.45) is 0 Å². The second-order valence-electron chi connectivity index (χ2n) is 21.4. The Morgan fingerprint density at radius 3 is 1.31 bits per heavy atom. The quantitative estimate of drug-likeness (QED) is 0.0195. The second-order valence-corrected chi connectivity index (χ2v) is 21.4. The predicted octanol–water partition coefficient (Wildman–Crippen LogP) is 14.0. The maximum atomic E-state index is 13.0. The Bertz CT molecular complexity index is 1190. The van der Waals surface area contributed by atoms with E-state index in [0.29, 0.717) is 19.4 Å². The summed E-state index contributed by atoms with van der Waals surface area (Å²) in [7, 11) is 0. The molecule has 1 aliphatic heterocycles. The first kappa shape index (κ1) is 67.4. The van der Waals surface area contributed by atoms with Gasteiger partial charge in [-0.05, 0) is 32.1 Å². The fraction of sp³-hybridized carbons (Fsp3) is 0.933. The van der Waals surface area contributed by atoms with Crippen LogP contribution in [0.3, 0.4) is 0 Å². The molecule has 7 atom stereocenters. The SMILES string of the molecule is CCCCCCCCC/C=C/C(O)C(COC1OC(CO)C(O)C(O)C1O)NC(=O)CCCCCCCCCCCCCCCCCCOC(=O)CCCCCCCCCCCCCCCCCCCC. The van der Waals surface area contributed by atoms with Gasteiger partial charge in [0, 0.05) is 12.8 Å². The highest BCUT2D eigenvalue weighted by atomic mass is 16.7. The van der Waals surface area contributed by atoms with E-state index < -0.39 is 49.5 Å². The van der Waals surface area contributed by atoms with Gasteiger partial charge in [0.25, 0.3) is 0 Å². The summed E-state index contributed by atoms with van der Waals surface area (Å²) in [6, 6.07) is -0.813. The molecule has 0 aromatic heterocycles. The fourth-order valence-corrected chi connectivity index (χ4v) is 9.79. The smallest absolute Gasteiger partial charge is 0.305 e. The van der Waals surface area contributed by atoms with Crippen LogP contribution >= 0.6 is 0 Å². The molecule has 11 heteroatoms. The standard InChI is InChI=1S/C60H115NO10/c1-3-5-7-9-11-13-14-15-16-17-18-22-25-28-32-36-40-44-48-56(65)69-49-45-41-37-33-29-26-23-20-19-21-24-27-31-35-39-43-47-55(64)61-52(53(63)46-42-38-34-30-12-10-8-6-4-2)51-70-60-59(68)58(67)57(66)54(50-62)71-60/h42,46,52-54,57-60,62-63,66-68H,3-41,43-45,47-51H2,1-2H3,(H,61,64)/b46-42+. The number of aliphatic hydroxyl groups excluding tert-OH is 5. The number of nitrogens with one attached hydrogen (secondary N) is 1. The van der Waals surface area contributed by atoms with Gasteiger partial charge >= 0.3 is 5.97 Å². The molecular weight excluding hydrogens is 895 g/mol. The van der Waals surface area contributed by atoms with Crippen LogP contribution in [0.5, 0.6) is 0 Å². The normalized spacial score (nSPS) is 19.1. The van der Waals surface area contributed by atoms with Gasteiger partial charge in [-0.15, -0.1) is 0 Å². The van der Waals surface area contributed by atoms with E-state index in [0.717, 1.165) is 70.6 Å². The van der Waals surface area contributed by atoms with Crippen molar-refractivity contribution in [2.75, 3.05) is 19.8 Å². The van der Waals surface area contributed by atoms with Gasteiger partial charge in [-0.2, -0.15) is 0 Å². The van der Waals surface area contributed by atoms with Crippen molar-refractivity contribution in [1.82, 2.24) is 5.32 Å². The van der Waals surface area contributed by atoms with Crippen molar-refractivity contribution in [3.8, 4) is 0 Å². The van der Waals surface area contributed by atoms with Crippen LogP contribution in [0, 0.1) is 0 Å². The van der Waals surface area contributed by atoms with E-state index in [1.54, 1.807) is 6.08 Å². The number of rotatable bonds is 53. The number of carbonyl (C=O) groups excluding carboxylic acids is 2. The van der Waals surface area contributed by atoms with Gasteiger partial charge in [-0.3, -0.25) is 9.59 Å². The van der Waals surface area contributed by atoms with Gasteiger partial charge in [0.1, 0.15) is 24.4 Å². The molecule has 0 spiro atoms. The summed E-state index contributed by atoms with van der Waals surface area (Å²) >= 11 is 0. The molecular formula is C60H115NO10. The van der Waals surface area contributed by atoms with Gasteiger partial charge in [-0.1, -0.05) is 264 Å². The van der Waals surface area contributed by atoms with E-state index in [1.807, 2.05) is 6.08 Å². The van der Waals surface area contributed by atoms with Crippen LogP contribution in [0.2, 0.25) is 0 Å². The Balaban J connectivity index is 2.00. The van der Waals surface area contributed by atoms with Crippen LogP contribution in [-0.4, -0.2) is 100 Å². The molecule has 0 radical (unpaired) electrons. The monoisotopic (exact) mass is 1010 g/mol. The minimum absolute atomic E-state index is 0.0101. The number of esters is 1. The molecule has 0 aliphatic carbocycles. The number of aliphatic hydroxyl groups is 5. The zero-order valence-electron chi connectivity index (χ0n) is 46.2. The Labute approximate surface area is 436 Å². The molecule has 1 aliphatic rings. The largest absolute Gasteiger partial charge is 0.466 e. The van der Waals surface area contributed by atoms with E-state index in [4.69, 9.17) is 14.2 Å². The zero-order valence-corrected chi connectivity index (χ0v) is 46.2. The third kappa shape index (κ3) is 40.4. The third-order valence-electron chi connectivity index (χ3n) is 14.7. The lowest BCUT2D eigenvalue weighted by Crippen LogP contribution is -2.60. The number of hydrogen-bond donors (Lipinski definition) is 6. The van der Waals surface area contributed by atoms with Crippen LogP contribution in [0.1, 0.15) is 296 Å². The first-order valence-corrected chi connectivity index (χ1v) is 30.5. The van der Waals surface area contributed by atoms with E-state index in [2.05, 4.69) is 19.2 Å². The molecule has 0 saturated carbocycles. The molecule has 1 rings (SSSR count). The molecule has 1 fully saturated rings. The lowest BCUT2D eigenvalue weighted by molar-refractivity contribution is -0.302. The predicted molar refractivity (Wildman–Crippen MR) is 292 cm³/mol. The van der Waals surface area contributed by atoms with Crippen LogP contribution in [0.25, 0.3) is 0 Å². The summed E-state index contributed by atoms with van der Waals surface area (Å²) in [5, 5.41) is 54.2. The van der Waals surface area contributed by atoms with Gasteiger partial charge < -0.3 is 45.1 Å². The lowest BCUT2D eigenvalue weighted by Gasteiger charge is -2.40. The Kier molecular flexibility index (Phi) is 48.0. The second kappa shape index (κ2) is 50.6. The van der Waals surface area contributed by atoms with E-state index in [1.165, 1.54) is 199 Å². The molecule has 0 aromatic carbocycles. The minimum atomic E-state index is -1.57. The van der Waals surface area contributed by atoms with Crippen LogP contribution in [0.4, 0.5) is 0 Å². The summed E-state index contributed by atoms with van der Waals surface area (Å²) in [5.74, 6) is -0.199. The maximum Gasteiger partial charge on any atom is 0.305 e. The molecule has 7 unspecified atom stereocenters. The summed E-state index contributed by atoms with van der Waals surface area (Å²) < 4.78 is 16.7. The van der Waals surface area contributed by atoms with Crippen molar-refractivity contribution in [3.05, 3.63) is 12.2 Å². The van der Waals surface area contributed by atoms with Crippen molar-refractivity contribution in [3.63, 3.8) is 0 Å². The van der Waals surface area contributed by atoms with Crippen LogP contribution < -0.4 is 5.32 Å². The number of allylic oxidation sites excluding steroid dienone is 1. The van der Waals surface area contributed by atoms with E-state index in [-0.39, 0.29) is 18.5 Å². The summed E-state index contributed by atoms with van der Waals surface area (Å²) in [5.41, 5.74) is 0. The van der Waals surface area contributed by atoms with E-state index >= 15 is 0 Å². The molecule has 6 N–H and O–H groups in total. The first-order valence-electron chi connectivity index (χ1n) is 30.5. The maximum absolute atomic E-state index is 13.0. The number of hydrogen-bond acceptors (Lipinski definition) is 10. The van der Waals surface area contributed by atoms with Gasteiger partial charge in [0.2, 0.25) is 5.91 Å². The van der Waals surface area contributed by atoms with Crippen molar-refractivity contribution in [1.29, 1.82) is 0 Å². The topological polar surface area (TPSA) is 175 Å². The number of unbranched alkanes of at least 4 members (excludes halogenated alkanes) is 39. The summed E-state index contributed by atoms with van der Waals surface area (Å²) in [6.45, 7) is 4.31. The molecule has 71 heavy (non-hydrogen) atoms. The molecule has 1 saturated heterocycles. The molecule has 420 valence electrons. The Morgan fingerprint density at radius 2 is 0.887 bits per heavy atom. The van der Waals surface area contributed by atoms with Gasteiger partial charge in [0.15, 0.2) is 6.29 Å². The molecule has 0 aromatic rings. The zero-order chi connectivity index (χ0) is 51.7. The minimum Gasteiger partial charge on any atom is -0.466 e. The average Bonchev–Trinajstić information content (AvgIpc) is 3.37.